The number of aromatic nitrogens is 4. The van der Waals surface area contributed by atoms with E-state index >= 15 is 0 Å². The second-order valence-corrected chi connectivity index (χ2v) is 7.64. The van der Waals surface area contributed by atoms with Crippen molar-refractivity contribution in [2.75, 3.05) is 6.61 Å². The normalized spacial score (nSPS) is 13.9. The zero-order chi connectivity index (χ0) is 24.9. The Kier molecular flexibility index (Phi) is 8.76. The minimum atomic E-state index is -1.64. The number of aromatic amines is 1. The summed E-state index contributed by atoms with van der Waals surface area (Å²) in [6.45, 7) is 4.57. The molecular formula is C21H28N4O8. The van der Waals surface area contributed by atoms with Crippen LogP contribution in [0.2, 0.25) is 0 Å². The van der Waals surface area contributed by atoms with Gasteiger partial charge in [-0.25, -0.2) is 9.78 Å². The summed E-state index contributed by atoms with van der Waals surface area (Å²) in [5, 5.41) is 46.7. The summed E-state index contributed by atoms with van der Waals surface area (Å²) in [7, 11) is 0. The topological polar surface area (TPSA) is 199 Å². The van der Waals surface area contributed by atoms with Crippen LogP contribution in [0.1, 0.15) is 30.9 Å². The van der Waals surface area contributed by atoms with Gasteiger partial charge in [0.1, 0.15) is 18.3 Å². The Hall–Kier alpha value is -3.19. The van der Waals surface area contributed by atoms with E-state index in [0.717, 1.165) is 17.5 Å². The number of H-pyrrole nitrogens is 1. The van der Waals surface area contributed by atoms with Crippen molar-refractivity contribution >= 4 is 17.0 Å². The van der Waals surface area contributed by atoms with E-state index in [1.165, 1.54) is 4.57 Å². The maximum atomic E-state index is 12.2. The molecule has 2 aliphatic heterocycles. The molecule has 0 unspecified atom stereocenters. The van der Waals surface area contributed by atoms with E-state index in [1.807, 2.05) is 20.8 Å². The molecule has 0 amide bonds. The van der Waals surface area contributed by atoms with Gasteiger partial charge in [0.25, 0.3) is 5.56 Å². The van der Waals surface area contributed by atoms with Gasteiger partial charge in [-0.05, 0) is 43.5 Å². The number of nitrogens with one attached hydrogen (secondary N) is 1. The van der Waals surface area contributed by atoms with Crippen molar-refractivity contribution in [2.24, 2.45) is 0 Å². The molecule has 1 aromatic rings. The van der Waals surface area contributed by atoms with Crippen molar-refractivity contribution in [3.8, 4) is 11.5 Å². The highest BCUT2D eigenvalue weighted by atomic mass is 16.4. The highest BCUT2D eigenvalue weighted by molar-refractivity contribution is 5.81. The van der Waals surface area contributed by atoms with Gasteiger partial charge in [0, 0.05) is 6.42 Å². The molecule has 0 bridgehead atoms. The standard InChI is InChI=1S/C17H20N4O6.C4H8O2/c1-7-3-9-10(4-8(7)2)21(5-11(23)14(25)12(24)6-22)15-13(18-9)16(26)20-17(27)19-15;1-2-3-4(5)6/h3-4,11-12,14,22-25H,5-6H2,1-2H3,(H,20,26,27);2-3H2,1H3,(H,5,6)/t11-,12+,14-;/m0./s1. The van der Waals surface area contributed by atoms with Crippen LogP contribution in [0.15, 0.2) is 21.7 Å². The second-order valence-electron chi connectivity index (χ2n) is 7.64. The van der Waals surface area contributed by atoms with Gasteiger partial charge in [-0.1, -0.05) is 6.92 Å². The zero-order valence-corrected chi connectivity index (χ0v) is 18.5. The fraction of sp³-hybridized carbons (Fsp3) is 0.476. The molecular weight excluding hydrogens is 436 g/mol. The van der Waals surface area contributed by atoms with Crippen molar-refractivity contribution in [2.45, 2.75) is 58.5 Å². The molecule has 0 fully saturated rings. The molecule has 0 saturated carbocycles. The number of carboxylic acid groups (broad SMARTS) is 1. The molecule has 2 aliphatic rings. The number of aryl methyl sites for hydroxylation is 2. The first-order valence-corrected chi connectivity index (χ1v) is 10.3. The number of aliphatic hydroxyl groups excluding tert-OH is 4. The summed E-state index contributed by atoms with van der Waals surface area (Å²) in [6.07, 6.45) is -3.66. The van der Waals surface area contributed by atoms with Crippen LogP contribution in [0, 0.1) is 13.8 Å². The number of aliphatic carboxylic acids is 1. The lowest BCUT2D eigenvalue weighted by Gasteiger charge is -2.25. The first-order chi connectivity index (χ1) is 15.5. The van der Waals surface area contributed by atoms with E-state index in [9.17, 15) is 29.7 Å². The van der Waals surface area contributed by atoms with E-state index in [-0.39, 0.29) is 18.1 Å². The molecule has 12 nitrogen and oxygen atoms in total. The number of aliphatic hydroxyl groups is 4. The summed E-state index contributed by atoms with van der Waals surface area (Å²) >= 11 is 0. The van der Waals surface area contributed by atoms with Crippen molar-refractivity contribution in [3.05, 3.63) is 44.1 Å². The van der Waals surface area contributed by atoms with Gasteiger partial charge < -0.3 is 30.1 Å². The van der Waals surface area contributed by atoms with Crippen LogP contribution < -0.4 is 11.2 Å². The molecule has 2 heterocycles. The van der Waals surface area contributed by atoms with Crippen LogP contribution in [-0.4, -0.2) is 75.9 Å². The summed E-state index contributed by atoms with van der Waals surface area (Å²) < 4.78 is 1.40. The lowest BCUT2D eigenvalue weighted by Crippen LogP contribution is -2.42. The first-order valence-electron chi connectivity index (χ1n) is 10.3. The van der Waals surface area contributed by atoms with E-state index in [2.05, 4.69) is 15.0 Å². The van der Waals surface area contributed by atoms with E-state index < -0.39 is 42.1 Å². The fourth-order valence-corrected chi connectivity index (χ4v) is 3.11. The third kappa shape index (κ3) is 6.20. The van der Waals surface area contributed by atoms with Gasteiger partial charge in [-0.15, -0.1) is 0 Å². The molecule has 0 spiro atoms. The summed E-state index contributed by atoms with van der Waals surface area (Å²) in [4.78, 5) is 43.6. The van der Waals surface area contributed by atoms with Gasteiger partial charge in [0.15, 0.2) is 11.5 Å². The maximum Gasteiger partial charge on any atom is 0.349 e. The minimum Gasteiger partial charge on any atom is -0.481 e. The first kappa shape index (κ1) is 26.1. The molecule has 6 N–H and O–H groups in total. The Morgan fingerprint density at radius 2 is 1.73 bits per heavy atom. The number of nitrogens with zero attached hydrogens (tertiary/aromatic N) is 3. The Labute approximate surface area is 188 Å². The quantitative estimate of drug-likeness (QED) is 0.239. The number of rotatable bonds is 7. The molecule has 3 rings (SSSR count). The van der Waals surface area contributed by atoms with Crippen LogP contribution in [0.25, 0.3) is 22.6 Å². The lowest BCUT2D eigenvalue weighted by atomic mass is 10.1. The predicted molar refractivity (Wildman–Crippen MR) is 118 cm³/mol. The highest BCUT2D eigenvalue weighted by Gasteiger charge is 2.27. The van der Waals surface area contributed by atoms with Crippen molar-refractivity contribution in [1.29, 1.82) is 0 Å². The fourth-order valence-electron chi connectivity index (χ4n) is 3.11. The molecule has 33 heavy (non-hydrogen) atoms. The molecule has 0 radical (unpaired) electrons. The highest BCUT2D eigenvalue weighted by Crippen LogP contribution is 2.24. The molecule has 0 aliphatic carbocycles. The molecule has 0 saturated heterocycles. The van der Waals surface area contributed by atoms with Crippen LogP contribution in [0.4, 0.5) is 0 Å². The largest absolute Gasteiger partial charge is 0.481 e. The molecule has 0 aromatic heterocycles. The van der Waals surface area contributed by atoms with Gasteiger partial charge in [0.2, 0.25) is 0 Å². The smallest absolute Gasteiger partial charge is 0.349 e. The Morgan fingerprint density at radius 3 is 2.27 bits per heavy atom. The van der Waals surface area contributed by atoms with E-state index in [4.69, 9.17) is 10.2 Å². The van der Waals surface area contributed by atoms with Gasteiger partial charge in [-0.3, -0.25) is 14.6 Å². The van der Waals surface area contributed by atoms with Crippen molar-refractivity contribution in [3.63, 3.8) is 0 Å². The third-order valence-corrected chi connectivity index (χ3v) is 5.03. The predicted octanol–water partition coefficient (Wildman–Crippen LogP) is -0.852. The number of fused-ring (bicyclic) bond motifs is 2. The SMILES string of the molecule is CCCC(=O)O.Cc1cc2nc3c(=O)[nH]c(=O)nc-3n(C[C@H](O)[C@H](O)[C@H](O)CO)c2cc1C. The number of carboxylic acids is 1. The molecule has 3 atom stereocenters. The van der Waals surface area contributed by atoms with Crippen molar-refractivity contribution in [1.82, 2.24) is 19.5 Å². The summed E-state index contributed by atoms with van der Waals surface area (Å²) in [5.41, 5.74) is 1.11. The van der Waals surface area contributed by atoms with Gasteiger partial charge in [0.05, 0.1) is 24.2 Å². The average Bonchev–Trinajstić information content (AvgIpc) is 2.74. The number of carbonyl (C=O) groups is 1. The monoisotopic (exact) mass is 464 g/mol. The van der Waals surface area contributed by atoms with Crippen LogP contribution in [-0.2, 0) is 11.3 Å². The molecule has 1 aromatic carbocycles. The van der Waals surface area contributed by atoms with Crippen LogP contribution in [0.3, 0.4) is 0 Å². The van der Waals surface area contributed by atoms with Crippen molar-refractivity contribution < 1.29 is 30.3 Å². The van der Waals surface area contributed by atoms with E-state index in [0.29, 0.717) is 17.5 Å². The third-order valence-electron chi connectivity index (χ3n) is 5.03. The lowest BCUT2D eigenvalue weighted by molar-refractivity contribution is -0.137. The summed E-state index contributed by atoms with van der Waals surface area (Å²) in [6, 6.07) is 3.53. The second kappa shape index (κ2) is 11.1. The van der Waals surface area contributed by atoms with Gasteiger partial charge in [-0.2, -0.15) is 4.98 Å². The molecule has 180 valence electrons. The van der Waals surface area contributed by atoms with Crippen LogP contribution in [0.5, 0.6) is 0 Å². The number of benzene rings is 1. The maximum absolute atomic E-state index is 12.2. The number of hydrogen-bond donors (Lipinski definition) is 6. The summed E-state index contributed by atoms with van der Waals surface area (Å²) in [5.74, 6) is -0.762. The van der Waals surface area contributed by atoms with E-state index in [1.54, 1.807) is 12.1 Å². The van der Waals surface area contributed by atoms with Gasteiger partial charge >= 0.3 is 11.7 Å². The average molecular weight is 464 g/mol. The number of hydrogen-bond acceptors (Lipinski definition) is 9. The molecule has 12 heteroatoms. The minimum absolute atomic E-state index is 0.0516. The Bertz CT molecular complexity index is 1210. The van der Waals surface area contributed by atoms with Crippen LogP contribution >= 0.6 is 0 Å². The Balaban J connectivity index is 0.000000569. The Morgan fingerprint density at radius 1 is 1.09 bits per heavy atom. The zero-order valence-electron chi connectivity index (χ0n) is 18.5.